The molecule has 0 fully saturated rings. The standard InChI is InChI=1S/C24H38N2O/c1-2-3-4-5-6-7-8-9-10-11-12-13-14-15-16-17-20-23-26-24-22(27-23)19-18-21-25-24/h9-10,18-19,21H,2-8,11-17,20H2,1H3/b10-9-. The van der Waals surface area contributed by atoms with Crippen LogP contribution in [0.25, 0.3) is 11.2 Å². The molecular formula is C24H38N2O. The summed E-state index contributed by atoms with van der Waals surface area (Å²) < 4.78 is 5.71. The molecule has 0 spiro atoms. The number of unbranched alkanes of at least 4 members (excludes halogenated alkanes) is 12. The molecule has 0 aromatic carbocycles. The number of aromatic nitrogens is 2. The molecule has 0 amide bonds. The number of hydrogen-bond acceptors (Lipinski definition) is 3. The number of rotatable bonds is 16. The van der Waals surface area contributed by atoms with Gasteiger partial charge in [0.1, 0.15) is 0 Å². The lowest BCUT2D eigenvalue weighted by molar-refractivity contribution is 0.504. The number of allylic oxidation sites excluding steroid dienone is 2. The Morgan fingerprint density at radius 1 is 0.815 bits per heavy atom. The van der Waals surface area contributed by atoms with Crippen molar-refractivity contribution in [2.75, 3.05) is 0 Å². The summed E-state index contributed by atoms with van der Waals surface area (Å²) in [4.78, 5) is 8.65. The van der Waals surface area contributed by atoms with Gasteiger partial charge in [-0.05, 0) is 44.2 Å². The average molecular weight is 371 g/mol. The lowest BCUT2D eigenvalue weighted by Crippen LogP contribution is -1.86. The normalized spacial score (nSPS) is 11.7. The summed E-state index contributed by atoms with van der Waals surface area (Å²) in [6.45, 7) is 2.28. The Hall–Kier alpha value is -1.64. The summed E-state index contributed by atoms with van der Waals surface area (Å²) >= 11 is 0. The third-order valence-electron chi connectivity index (χ3n) is 5.11. The number of fused-ring (bicyclic) bond motifs is 1. The zero-order valence-corrected chi connectivity index (χ0v) is 17.3. The van der Waals surface area contributed by atoms with Gasteiger partial charge in [0, 0.05) is 12.6 Å². The van der Waals surface area contributed by atoms with E-state index in [-0.39, 0.29) is 0 Å². The van der Waals surface area contributed by atoms with E-state index in [0.717, 1.165) is 30.0 Å². The van der Waals surface area contributed by atoms with Crippen LogP contribution >= 0.6 is 0 Å². The second-order valence-electron chi connectivity index (χ2n) is 7.62. The summed E-state index contributed by atoms with van der Waals surface area (Å²) in [6, 6.07) is 3.82. The summed E-state index contributed by atoms with van der Waals surface area (Å²) in [5.74, 6) is 0.833. The number of oxazole rings is 1. The molecule has 0 saturated heterocycles. The first kappa shape index (κ1) is 21.7. The smallest absolute Gasteiger partial charge is 0.198 e. The van der Waals surface area contributed by atoms with E-state index in [1.54, 1.807) is 6.20 Å². The van der Waals surface area contributed by atoms with Crippen LogP contribution in [-0.2, 0) is 6.42 Å². The van der Waals surface area contributed by atoms with E-state index in [1.165, 1.54) is 83.5 Å². The van der Waals surface area contributed by atoms with E-state index in [0.29, 0.717) is 0 Å². The first-order chi connectivity index (χ1) is 13.4. The third-order valence-corrected chi connectivity index (χ3v) is 5.11. The van der Waals surface area contributed by atoms with Crippen LogP contribution < -0.4 is 0 Å². The quantitative estimate of drug-likeness (QED) is 0.223. The maximum Gasteiger partial charge on any atom is 0.198 e. The Morgan fingerprint density at radius 3 is 2.11 bits per heavy atom. The Morgan fingerprint density at radius 2 is 1.44 bits per heavy atom. The first-order valence-corrected chi connectivity index (χ1v) is 11.3. The van der Waals surface area contributed by atoms with Gasteiger partial charge in [-0.2, -0.15) is 4.98 Å². The third kappa shape index (κ3) is 9.74. The highest BCUT2D eigenvalue weighted by Gasteiger charge is 2.05. The predicted molar refractivity (Wildman–Crippen MR) is 115 cm³/mol. The zero-order valence-electron chi connectivity index (χ0n) is 17.3. The molecule has 2 aromatic rings. The molecule has 0 N–H and O–H groups in total. The Balaban J connectivity index is 1.36. The lowest BCUT2D eigenvalue weighted by Gasteiger charge is -2.00. The van der Waals surface area contributed by atoms with Crippen LogP contribution in [0.3, 0.4) is 0 Å². The number of pyridine rings is 1. The molecule has 27 heavy (non-hydrogen) atoms. The van der Waals surface area contributed by atoms with Gasteiger partial charge in [-0.25, -0.2) is 4.98 Å². The van der Waals surface area contributed by atoms with Crippen LogP contribution in [0.2, 0.25) is 0 Å². The van der Waals surface area contributed by atoms with Crippen LogP contribution in [0.4, 0.5) is 0 Å². The number of nitrogens with zero attached hydrogens (tertiary/aromatic N) is 2. The fourth-order valence-electron chi connectivity index (χ4n) is 3.44. The summed E-state index contributed by atoms with van der Waals surface area (Å²) in [5, 5.41) is 0. The van der Waals surface area contributed by atoms with Crippen molar-refractivity contribution >= 4 is 11.2 Å². The van der Waals surface area contributed by atoms with E-state index in [2.05, 4.69) is 29.0 Å². The highest BCUT2D eigenvalue weighted by atomic mass is 16.3. The molecule has 0 atom stereocenters. The van der Waals surface area contributed by atoms with Crippen molar-refractivity contribution in [2.24, 2.45) is 0 Å². The number of hydrogen-bond donors (Lipinski definition) is 0. The summed E-state index contributed by atoms with van der Waals surface area (Å²) in [5.41, 5.74) is 1.54. The van der Waals surface area contributed by atoms with Crippen LogP contribution in [0.15, 0.2) is 34.9 Å². The minimum atomic E-state index is 0.733. The van der Waals surface area contributed by atoms with Gasteiger partial charge < -0.3 is 4.42 Å². The minimum absolute atomic E-state index is 0.733. The molecular weight excluding hydrogens is 332 g/mol. The van der Waals surface area contributed by atoms with Crippen molar-refractivity contribution in [3.63, 3.8) is 0 Å². The highest BCUT2D eigenvalue weighted by molar-refractivity contribution is 5.66. The van der Waals surface area contributed by atoms with Gasteiger partial charge in [-0.1, -0.05) is 76.9 Å². The van der Waals surface area contributed by atoms with E-state index in [1.807, 2.05) is 12.1 Å². The Kier molecular flexibility index (Phi) is 11.6. The average Bonchev–Trinajstić information content (AvgIpc) is 3.10. The van der Waals surface area contributed by atoms with E-state index in [4.69, 9.17) is 4.42 Å². The zero-order chi connectivity index (χ0) is 19.0. The topological polar surface area (TPSA) is 38.9 Å². The van der Waals surface area contributed by atoms with Crippen molar-refractivity contribution in [1.29, 1.82) is 0 Å². The summed E-state index contributed by atoms with van der Waals surface area (Å²) in [7, 11) is 0. The maximum atomic E-state index is 5.71. The van der Waals surface area contributed by atoms with Gasteiger partial charge >= 0.3 is 0 Å². The van der Waals surface area contributed by atoms with Crippen LogP contribution in [0, 0.1) is 0 Å². The number of aryl methyl sites for hydroxylation is 1. The minimum Gasteiger partial charge on any atom is -0.439 e. The van der Waals surface area contributed by atoms with Crippen molar-refractivity contribution in [3.05, 3.63) is 36.4 Å². The molecule has 3 nitrogen and oxygen atoms in total. The van der Waals surface area contributed by atoms with Gasteiger partial charge in [-0.15, -0.1) is 0 Å². The SMILES string of the molecule is CCCCCCCC/C=C\CCCCCCCCc1nc2ncccc2o1. The molecule has 0 aliphatic carbocycles. The van der Waals surface area contributed by atoms with Gasteiger partial charge in [0.25, 0.3) is 0 Å². The van der Waals surface area contributed by atoms with Gasteiger partial charge in [0.15, 0.2) is 17.1 Å². The fraction of sp³-hybridized carbons (Fsp3) is 0.667. The van der Waals surface area contributed by atoms with Crippen molar-refractivity contribution in [3.8, 4) is 0 Å². The monoisotopic (exact) mass is 370 g/mol. The van der Waals surface area contributed by atoms with Gasteiger partial charge in [0.2, 0.25) is 0 Å². The molecule has 0 aliphatic heterocycles. The fourth-order valence-corrected chi connectivity index (χ4v) is 3.44. The predicted octanol–water partition coefficient (Wildman–Crippen LogP) is 7.80. The molecule has 0 aliphatic rings. The molecule has 0 radical (unpaired) electrons. The van der Waals surface area contributed by atoms with Crippen molar-refractivity contribution in [1.82, 2.24) is 9.97 Å². The first-order valence-electron chi connectivity index (χ1n) is 11.3. The van der Waals surface area contributed by atoms with Gasteiger partial charge in [-0.3, -0.25) is 0 Å². The van der Waals surface area contributed by atoms with Crippen molar-refractivity contribution in [2.45, 2.75) is 103 Å². The molecule has 150 valence electrons. The van der Waals surface area contributed by atoms with Crippen LogP contribution in [0.1, 0.15) is 103 Å². The van der Waals surface area contributed by atoms with Gasteiger partial charge in [0.05, 0.1) is 0 Å². The lowest BCUT2D eigenvalue weighted by atomic mass is 10.1. The molecule has 0 unspecified atom stereocenters. The summed E-state index contributed by atoms with van der Waals surface area (Å²) in [6.07, 6.45) is 26.2. The van der Waals surface area contributed by atoms with Crippen LogP contribution in [-0.4, -0.2) is 9.97 Å². The molecule has 3 heteroatoms. The second kappa shape index (κ2) is 14.4. The van der Waals surface area contributed by atoms with Crippen LogP contribution in [0.5, 0.6) is 0 Å². The Labute approximate surface area is 165 Å². The van der Waals surface area contributed by atoms with Crippen molar-refractivity contribution < 1.29 is 4.42 Å². The highest BCUT2D eigenvalue weighted by Crippen LogP contribution is 2.15. The Bertz CT molecular complexity index is 599. The maximum absolute atomic E-state index is 5.71. The van der Waals surface area contributed by atoms with E-state index in [9.17, 15) is 0 Å². The second-order valence-corrected chi connectivity index (χ2v) is 7.62. The molecule has 2 aromatic heterocycles. The molecule has 2 rings (SSSR count). The largest absolute Gasteiger partial charge is 0.439 e. The molecule has 2 heterocycles. The van der Waals surface area contributed by atoms with E-state index < -0.39 is 0 Å². The molecule has 0 bridgehead atoms. The molecule has 0 saturated carbocycles. The van der Waals surface area contributed by atoms with E-state index >= 15 is 0 Å².